The van der Waals surface area contributed by atoms with Crippen LogP contribution in [0.2, 0.25) is 0 Å². The van der Waals surface area contributed by atoms with E-state index in [1.54, 1.807) is 0 Å². The van der Waals surface area contributed by atoms with Crippen molar-refractivity contribution in [1.82, 2.24) is 9.55 Å². The number of hydrogen-bond donors (Lipinski definition) is 0. The normalized spacial score (nSPS) is 15.5. The molecule has 140 valence electrons. The summed E-state index contributed by atoms with van der Waals surface area (Å²) in [5.74, 6) is 0.767. The Balaban J connectivity index is 1.84. The van der Waals surface area contributed by atoms with Crippen LogP contribution < -0.4 is 10.5 Å². The van der Waals surface area contributed by atoms with Gasteiger partial charge < -0.3 is 4.90 Å². The van der Waals surface area contributed by atoms with Crippen LogP contribution >= 0.6 is 0 Å². The van der Waals surface area contributed by atoms with Gasteiger partial charge in [0.1, 0.15) is 5.82 Å². The third-order valence-corrected chi connectivity index (χ3v) is 5.97. The van der Waals surface area contributed by atoms with Gasteiger partial charge in [-0.2, -0.15) is 0 Å². The van der Waals surface area contributed by atoms with Crippen molar-refractivity contribution in [3.05, 3.63) is 70.3 Å². The first kappa shape index (κ1) is 17.8. The molecule has 0 aliphatic heterocycles. The van der Waals surface area contributed by atoms with E-state index < -0.39 is 0 Å². The number of rotatable bonds is 5. The summed E-state index contributed by atoms with van der Waals surface area (Å²) in [4.78, 5) is 20.5. The number of anilines is 1. The van der Waals surface area contributed by atoms with Crippen molar-refractivity contribution in [2.45, 2.75) is 51.6 Å². The van der Waals surface area contributed by atoms with Crippen LogP contribution in [0.15, 0.2) is 53.3 Å². The van der Waals surface area contributed by atoms with E-state index in [0.717, 1.165) is 29.0 Å². The molecule has 0 saturated heterocycles. The quantitative estimate of drug-likeness (QED) is 0.661. The van der Waals surface area contributed by atoms with Gasteiger partial charge in [0.05, 0.1) is 16.9 Å². The Morgan fingerprint density at radius 3 is 2.56 bits per heavy atom. The molecule has 2 aromatic carbocycles. The molecule has 0 radical (unpaired) electrons. The third kappa shape index (κ3) is 3.14. The molecule has 3 aromatic rings. The first-order valence-electron chi connectivity index (χ1n) is 9.91. The van der Waals surface area contributed by atoms with E-state index >= 15 is 0 Å². The Morgan fingerprint density at radius 1 is 1.19 bits per heavy atom. The molecule has 4 nitrogen and oxygen atoms in total. The second-order valence-corrected chi connectivity index (χ2v) is 7.57. The molecule has 0 unspecified atom stereocenters. The fraction of sp³-hybridized carbons (Fsp3) is 0.391. The summed E-state index contributed by atoms with van der Waals surface area (Å²) in [6.45, 7) is 4.05. The highest BCUT2D eigenvalue weighted by atomic mass is 16.1. The van der Waals surface area contributed by atoms with Gasteiger partial charge in [-0.05, 0) is 56.4 Å². The molecule has 1 fully saturated rings. The molecule has 4 rings (SSSR count). The topological polar surface area (TPSA) is 38.1 Å². The minimum absolute atomic E-state index is 0.00335. The first-order valence-corrected chi connectivity index (χ1v) is 9.91. The maximum atomic E-state index is 13.5. The van der Waals surface area contributed by atoms with E-state index in [1.807, 2.05) is 41.8 Å². The van der Waals surface area contributed by atoms with Crippen LogP contribution in [0.3, 0.4) is 0 Å². The van der Waals surface area contributed by atoms with Gasteiger partial charge in [0, 0.05) is 18.8 Å². The third-order valence-electron chi connectivity index (χ3n) is 5.97. The summed E-state index contributed by atoms with van der Waals surface area (Å²) in [5.41, 5.74) is 3.09. The summed E-state index contributed by atoms with van der Waals surface area (Å²) >= 11 is 0. The number of aromatic nitrogens is 2. The summed E-state index contributed by atoms with van der Waals surface area (Å²) < 4.78 is 1.87. The second-order valence-electron chi connectivity index (χ2n) is 7.57. The molecule has 1 aliphatic carbocycles. The molecule has 0 spiro atoms. The zero-order valence-electron chi connectivity index (χ0n) is 16.4. The lowest BCUT2D eigenvalue weighted by atomic mass is 9.91. The number of aryl methyl sites for hydroxylation is 1. The van der Waals surface area contributed by atoms with Crippen LogP contribution in [0.4, 0.5) is 5.69 Å². The highest BCUT2D eigenvalue weighted by molar-refractivity contribution is 5.82. The maximum Gasteiger partial charge on any atom is 0.262 e. The lowest BCUT2D eigenvalue weighted by Crippen LogP contribution is -2.37. The fourth-order valence-electron chi connectivity index (χ4n) is 4.11. The molecule has 1 heterocycles. The van der Waals surface area contributed by atoms with Gasteiger partial charge in [0.2, 0.25) is 0 Å². The maximum absolute atomic E-state index is 13.5. The molecule has 27 heavy (non-hydrogen) atoms. The first-order chi connectivity index (χ1) is 13.1. The van der Waals surface area contributed by atoms with Crippen LogP contribution in [-0.2, 0) is 0 Å². The van der Waals surface area contributed by atoms with Crippen molar-refractivity contribution in [2.24, 2.45) is 0 Å². The predicted molar refractivity (Wildman–Crippen MR) is 112 cm³/mol. The van der Waals surface area contributed by atoms with Gasteiger partial charge in [-0.3, -0.25) is 9.36 Å². The van der Waals surface area contributed by atoms with E-state index in [9.17, 15) is 4.79 Å². The van der Waals surface area contributed by atoms with Gasteiger partial charge in [0.25, 0.3) is 5.56 Å². The van der Waals surface area contributed by atoms with E-state index in [4.69, 9.17) is 4.98 Å². The molecular weight excluding hydrogens is 334 g/mol. The molecule has 1 aliphatic rings. The number of nitrogens with zero attached hydrogens (tertiary/aromatic N) is 3. The van der Waals surface area contributed by atoms with Crippen LogP contribution in [0.1, 0.15) is 50.0 Å². The Hall–Kier alpha value is -2.62. The zero-order valence-corrected chi connectivity index (χ0v) is 16.4. The largest absolute Gasteiger partial charge is 0.372 e. The zero-order chi connectivity index (χ0) is 19.0. The van der Waals surface area contributed by atoms with Crippen LogP contribution in [0, 0.1) is 6.92 Å². The van der Waals surface area contributed by atoms with Gasteiger partial charge in [0.15, 0.2) is 0 Å². The highest BCUT2D eigenvalue weighted by Gasteiger charge is 2.23. The standard InChI is InChI=1S/C23H27N3O/c1-4-22(17-9-6-5-7-10-17)26-16(2)24-21-14-13-19(15-20(21)23(26)27)25(3)18-11-8-12-18/h5-7,9-10,13-15,18,22H,4,8,11-12H2,1-3H3/t22-/m1/s1. The average molecular weight is 361 g/mol. The van der Waals surface area contributed by atoms with Crippen molar-refractivity contribution in [3.63, 3.8) is 0 Å². The molecule has 0 N–H and O–H groups in total. The Bertz CT molecular complexity index is 1010. The molecular formula is C23H27N3O. The van der Waals surface area contributed by atoms with Crippen molar-refractivity contribution in [2.75, 3.05) is 11.9 Å². The second kappa shape index (κ2) is 7.18. The summed E-state index contributed by atoms with van der Waals surface area (Å²) in [6.07, 6.45) is 4.61. The number of benzene rings is 2. The van der Waals surface area contributed by atoms with E-state index in [-0.39, 0.29) is 11.6 Å². The minimum atomic E-state index is 0.00335. The lowest BCUT2D eigenvalue weighted by Gasteiger charge is -2.36. The van der Waals surface area contributed by atoms with Gasteiger partial charge in [-0.1, -0.05) is 37.3 Å². The van der Waals surface area contributed by atoms with E-state index in [0.29, 0.717) is 11.4 Å². The summed E-state index contributed by atoms with van der Waals surface area (Å²) in [5, 5.41) is 0.707. The molecule has 0 amide bonds. The minimum Gasteiger partial charge on any atom is -0.372 e. The molecule has 1 saturated carbocycles. The number of hydrogen-bond acceptors (Lipinski definition) is 3. The lowest BCUT2D eigenvalue weighted by molar-refractivity contribution is 0.401. The van der Waals surface area contributed by atoms with Crippen molar-refractivity contribution in [1.29, 1.82) is 0 Å². The van der Waals surface area contributed by atoms with Crippen molar-refractivity contribution < 1.29 is 0 Å². The SMILES string of the molecule is CC[C@H](c1ccccc1)n1c(C)nc2ccc(N(C)C3CCC3)cc2c1=O. The highest BCUT2D eigenvalue weighted by Crippen LogP contribution is 2.30. The van der Waals surface area contributed by atoms with Crippen molar-refractivity contribution in [3.8, 4) is 0 Å². The summed E-state index contributed by atoms with van der Waals surface area (Å²) in [6, 6.07) is 16.9. The Morgan fingerprint density at radius 2 is 1.93 bits per heavy atom. The van der Waals surface area contributed by atoms with Gasteiger partial charge in [-0.25, -0.2) is 4.98 Å². The molecule has 1 aromatic heterocycles. The van der Waals surface area contributed by atoms with Crippen LogP contribution in [0.5, 0.6) is 0 Å². The smallest absolute Gasteiger partial charge is 0.262 e. The molecule has 0 bridgehead atoms. The van der Waals surface area contributed by atoms with E-state index in [2.05, 4.69) is 37.1 Å². The average Bonchev–Trinajstić information content (AvgIpc) is 2.64. The Labute approximate surface area is 160 Å². The fourth-order valence-corrected chi connectivity index (χ4v) is 4.11. The predicted octanol–water partition coefficient (Wildman–Crippen LogP) is 4.69. The monoisotopic (exact) mass is 361 g/mol. The van der Waals surface area contributed by atoms with E-state index in [1.165, 1.54) is 19.3 Å². The van der Waals surface area contributed by atoms with Crippen molar-refractivity contribution >= 4 is 16.6 Å². The molecule has 4 heteroatoms. The van der Waals surface area contributed by atoms with Crippen LogP contribution in [-0.4, -0.2) is 22.6 Å². The van der Waals surface area contributed by atoms with Gasteiger partial charge in [-0.15, -0.1) is 0 Å². The molecule has 1 atom stereocenters. The van der Waals surface area contributed by atoms with Gasteiger partial charge >= 0.3 is 0 Å². The Kier molecular flexibility index (Phi) is 4.73. The van der Waals surface area contributed by atoms with Crippen LogP contribution in [0.25, 0.3) is 10.9 Å². The summed E-state index contributed by atoms with van der Waals surface area (Å²) in [7, 11) is 2.13. The number of fused-ring (bicyclic) bond motifs is 1.